The number of rotatable bonds is 4. The van der Waals surface area contributed by atoms with Crippen molar-refractivity contribution in [1.82, 2.24) is 4.98 Å². The fourth-order valence-electron chi connectivity index (χ4n) is 1.70. The predicted octanol–water partition coefficient (Wildman–Crippen LogP) is 3.51. The lowest BCUT2D eigenvalue weighted by atomic mass is 10.2. The first-order valence-electron chi connectivity index (χ1n) is 5.70. The molecule has 0 atom stereocenters. The maximum Gasteiger partial charge on any atom is 0.175 e. The molecule has 0 unspecified atom stereocenters. The van der Waals surface area contributed by atoms with E-state index in [1.807, 2.05) is 0 Å². The summed E-state index contributed by atoms with van der Waals surface area (Å²) < 4.78 is 23.9. The van der Waals surface area contributed by atoms with E-state index in [4.69, 9.17) is 0 Å². The number of benzene rings is 1. The highest BCUT2D eigenvalue weighted by atomic mass is 32.2. The average molecular weight is 281 g/mol. The summed E-state index contributed by atoms with van der Waals surface area (Å²) in [6, 6.07) is 5.04. The first-order valence-corrected chi connectivity index (χ1v) is 8.41. The largest absolute Gasteiger partial charge is 0.236 e. The van der Waals surface area contributed by atoms with Crippen molar-refractivity contribution < 1.29 is 8.42 Å². The molecule has 96 valence electrons. The molecule has 0 aliphatic carbocycles. The third-order valence-electron chi connectivity index (χ3n) is 2.64. The number of fused-ring (bicyclic) bond motifs is 1. The minimum atomic E-state index is -3.16. The Morgan fingerprint density at radius 1 is 1.44 bits per heavy atom. The quantitative estimate of drug-likeness (QED) is 0.861. The molecule has 0 aliphatic heterocycles. The second-order valence-corrected chi connectivity index (χ2v) is 7.32. The second kappa shape index (κ2) is 4.82. The Hall–Kier alpha value is -1.20. The van der Waals surface area contributed by atoms with Crippen LogP contribution in [0.3, 0.4) is 0 Å². The molecule has 0 N–H and O–H groups in total. The third-order valence-corrected chi connectivity index (χ3v) is 4.87. The van der Waals surface area contributed by atoms with Gasteiger partial charge in [0.25, 0.3) is 0 Å². The lowest BCUT2D eigenvalue weighted by Gasteiger charge is -1.96. The summed E-state index contributed by atoms with van der Waals surface area (Å²) >= 11 is 1.50. The van der Waals surface area contributed by atoms with Gasteiger partial charge in [0.2, 0.25) is 0 Å². The Kier molecular flexibility index (Phi) is 3.54. The molecule has 0 aliphatic rings. The van der Waals surface area contributed by atoms with Gasteiger partial charge in [0.1, 0.15) is 5.01 Å². The highest BCUT2D eigenvalue weighted by Crippen LogP contribution is 2.30. The zero-order valence-corrected chi connectivity index (χ0v) is 12.1. The van der Waals surface area contributed by atoms with E-state index in [9.17, 15) is 8.42 Å². The summed E-state index contributed by atoms with van der Waals surface area (Å²) in [5, 5.41) is 0.900. The van der Waals surface area contributed by atoms with E-state index in [0.29, 0.717) is 4.90 Å². The number of allylic oxidation sites excluding steroid dienone is 1. The molecule has 0 spiro atoms. The molecule has 0 radical (unpaired) electrons. The van der Waals surface area contributed by atoms with Crippen LogP contribution in [0.1, 0.15) is 24.8 Å². The van der Waals surface area contributed by atoms with Crippen molar-refractivity contribution in [3.8, 4) is 0 Å². The number of sulfone groups is 1. The van der Waals surface area contributed by atoms with Crippen molar-refractivity contribution in [2.24, 2.45) is 0 Å². The van der Waals surface area contributed by atoms with Crippen LogP contribution < -0.4 is 0 Å². The highest BCUT2D eigenvalue weighted by Gasteiger charge is 2.11. The van der Waals surface area contributed by atoms with Crippen molar-refractivity contribution in [3.05, 3.63) is 29.8 Å². The molecule has 5 heteroatoms. The lowest BCUT2D eigenvalue weighted by molar-refractivity contribution is 0.602. The van der Waals surface area contributed by atoms with Crippen LogP contribution in [0.25, 0.3) is 15.8 Å². The summed E-state index contributed by atoms with van der Waals surface area (Å²) in [7, 11) is -3.16. The second-order valence-electron chi connectivity index (χ2n) is 4.27. The number of nitrogens with zero attached hydrogens (tertiary/aromatic N) is 1. The van der Waals surface area contributed by atoms with Gasteiger partial charge in [-0.15, -0.1) is 11.3 Å². The van der Waals surface area contributed by atoms with Crippen LogP contribution in [-0.4, -0.2) is 19.7 Å². The first-order chi connectivity index (χ1) is 8.41. The number of thiazole rings is 1. The highest BCUT2D eigenvalue weighted by molar-refractivity contribution is 7.90. The van der Waals surface area contributed by atoms with Crippen LogP contribution >= 0.6 is 11.3 Å². The molecule has 2 rings (SSSR count). The maximum absolute atomic E-state index is 11.5. The van der Waals surface area contributed by atoms with E-state index < -0.39 is 9.84 Å². The Labute approximate surface area is 111 Å². The lowest BCUT2D eigenvalue weighted by Crippen LogP contribution is -1.95. The topological polar surface area (TPSA) is 47.0 Å². The van der Waals surface area contributed by atoms with E-state index in [2.05, 4.69) is 18.5 Å². The standard InChI is InChI=1S/C13H15NO2S2/c1-4-5-9(2)13-14-11-7-6-10(18(3,15)16)8-12(11)17-13/h6-8H,2,4-5H2,1,3H3. The fourth-order valence-corrected chi connectivity index (χ4v) is 3.42. The van der Waals surface area contributed by atoms with Gasteiger partial charge >= 0.3 is 0 Å². The molecule has 0 amide bonds. The van der Waals surface area contributed by atoms with E-state index in [0.717, 1.165) is 33.6 Å². The monoisotopic (exact) mass is 281 g/mol. The van der Waals surface area contributed by atoms with Crippen LogP contribution in [-0.2, 0) is 9.84 Å². The number of hydrogen-bond acceptors (Lipinski definition) is 4. The van der Waals surface area contributed by atoms with Crippen molar-refractivity contribution in [2.45, 2.75) is 24.7 Å². The normalized spacial score (nSPS) is 11.9. The van der Waals surface area contributed by atoms with Gasteiger partial charge in [0, 0.05) is 6.26 Å². The van der Waals surface area contributed by atoms with Gasteiger partial charge < -0.3 is 0 Å². The Balaban J connectivity index is 2.49. The maximum atomic E-state index is 11.5. The van der Waals surface area contributed by atoms with Crippen LogP contribution in [0.2, 0.25) is 0 Å². The molecule has 0 saturated heterocycles. The molecule has 1 aromatic heterocycles. The molecule has 2 aromatic rings. The molecule has 0 saturated carbocycles. The summed E-state index contributed by atoms with van der Waals surface area (Å²) in [5.74, 6) is 0. The number of hydrogen-bond donors (Lipinski definition) is 0. The Bertz CT molecular complexity index is 699. The van der Waals surface area contributed by atoms with Gasteiger partial charge in [-0.25, -0.2) is 13.4 Å². The third kappa shape index (κ3) is 2.62. The zero-order chi connectivity index (χ0) is 13.3. The molecule has 18 heavy (non-hydrogen) atoms. The molecule has 0 bridgehead atoms. The van der Waals surface area contributed by atoms with Crippen molar-refractivity contribution >= 4 is 37.0 Å². The molecule has 0 fully saturated rings. The summed E-state index contributed by atoms with van der Waals surface area (Å²) in [4.78, 5) is 4.82. The fraction of sp³-hybridized carbons (Fsp3) is 0.308. The van der Waals surface area contributed by atoms with Crippen molar-refractivity contribution in [1.29, 1.82) is 0 Å². The van der Waals surface area contributed by atoms with Crippen molar-refractivity contribution in [2.75, 3.05) is 6.26 Å². The van der Waals surface area contributed by atoms with Crippen LogP contribution in [0.5, 0.6) is 0 Å². The van der Waals surface area contributed by atoms with E-state index in [-0.39, 0.29) is 0 Å². The Morgan fingerprint density at radius 2 is 2.17 bits per heavy atom. The smallest absolute Gasteiger partial charge is 0.175 e. The van der Waals surface area contributed by atoms with Gasteiger partial charge in [0.15, 0.2) is 9.84 Å². The van der Waals surface area contributed by atoms with Gasteiger partial charge in [-0.3, -0.25) is 0 Å². The SMILES string of the molecule is C=C(CCC)c1nc2ccc(S(C)(=O)=O)cc2s1. The van der Waals surface area contributed by atoms with Crippen molar-refractivity contribution in [3.63, 3.8) is 0 Å². The van der Waals surface area contributed by atoms with Crippen LogP contribution in [0.15, 0.2) is 29.7 Å². The van der Waals surface area contributed by atoms with Gasteiger partial charge in [-0.05, 0) is 30.2 Å². The Morgan fingerprint density at radius 3 is 2.78 bits per heavy atom. The zero-order valence-electron chi connectivity index (χ0n) is 10.4. The molecule has 1 heterocycles. The summed E-state index contributed by atoms with van der Waals surface area (Å²) in [5.41, 5.74) is 1.85. The number of aromatic nitrogens is 1. The van der Waals surface area contributed by atoms with Gasteiger partial charge in [0.05, 0.1) is 15.1 Å². The van der Waals surface area contributed by atoms with E-state index in [1.54, 1.807) is 18.2 Å². The first kappa shape index (κ1) is 13.2. The van der Waals surface area contributed by atoms with Crippen LogP contribution in [0, 0.1) is 0 Å². The molecular formula is C13H15NO2S2. The summed E-state index contributed by atoms with van der Waals surface area (Å²) in [6.07, 6.45) is 3.16. The van der Waals surface area contributed by atoms with Gasteiger partial charge in [-0.2, -0.15) is 0 Å². The summed E-state index contributed by atoms with van der Waals surface area (Å²) in [6.45, 7) is 6.11. The van der Waals surface area contributed by atoms with Crippen LogP contribution in [0.4, 0.5) is 0 Å². The minimum absolute atomic E-state index is 0.339. The van der Waals surface area contributed by atoms with E-state index >= 15 is 0 Å². The minimum Gasteiger partial charge on any atom is -0.236 e. The predicted molar refractivity (Wildman–Crippen MR) is 76.7 cm³/mol. The molecule has 1 aromatic carbocycles. The molecule has 3 nitrogen and oxygen atoms in total. The van der Waals surface area contributed by atoms with Gasteiger partial charge in [-0.1, -0.05) is 19.9 Å². The van der Waals surface area contributed by atoms with E-state index in [1.165, 1.54) is 17.6 Å². The molecular weight excluding hydrogens is 266 g/mol. The average Bonchev–Trinajstić information content (AvgIpc) is 2.70.